The third kappa shape index (κ3) is 3.89. The van der Waals surface area contributed by atoms with E-state index in [1.165, 1.54) is 83.3 Å². The van der Waals surface area contributed by atoms with Crippen LogP contribution in [0.2, 0.25) is 0 Å². The van der Waals surface area contributed by atoms with E-state index in [-0.39, 0.29) is 0 Å². The lowest BCUT2D eigenvalue weighted by atomic mass is 9.78. The summed E-state index contributed by atoms with van der Waals surface area (Å²) in [7, 11) is 0. The van der Waals surface area contributed by atoms with E-state index in [1.807, 2.05) is 0 Å². The molecule has 0 aromatic heterocycles. The van der Waals surface area contributed by atoms with Gasteiger partial charge in [-0.15, -0.1) is 0 Å². The van der Waals surface area contributed by atoms with Crippen LogP contribution in [0.15, 0.2) is 0 Å². The summed E-state index contributed by atoms with van der Waals surface area (Å²) < 4.78 is 0. The highest BCUT2D eigenvalue weighted by Gasteiger charge is 2.32. The van der Waals surface area contributed by atoms with Gasteiger partial charge in [0.25, 0.3) is 0 Å². The molecule has 110 valence electrons. The monoisotopic (exact) mass is 282 g/mol. The van der Waals surface area contributed by atoms with Crippen molar-refractivity contribution in [2.24, 2.45) is 5.92 Å². The maximum absolute atomic E-state index is 3.47. The first-order chi connectivity index (χ1) is 9.43. The first-order valence-corrected chi connectivity index (χ1v) is 9.55. The van der Waals surface area contributed by atoms with E-state index >= 15 is 0 Å². The number of hydrogen-bond acceptors (Lipinski definition) is 3. The average molecular weight is 282 g/mol. The Morgan fingerprint density at radius 1 is 0.947 bits per heavy atom. The molecular formula is C16H30N2S. The van der Waals surface area contributed by atoms with E-state index in [1.54, 1.807) is 0 Å². The summed E-state index contributed by atoms with van der Waals surface area (Å²) in [5.41, 5.74) is 0. The van der Waals surface area contributed by atoms with Crippen molar-refractivity contribution in [2.75, 3.05) is 31.9 Å². The van der Waals surface area contributed by atoms with Gasteiger partial charge in [-0.1, -0.05) is 12.8 Å². The number of likely N-dealkylation sites (tertiary alicyclic amines) is 1. The van der Waals surface area contributed by atoms with Crippen LogP contribution in [0, 0.1) is 5.92 Å². The summed E-state index contributed by atoms with van der Waals surface area (Å²) >= 11 is 2.25. The topological polar surface area (TPSA) is 15.3 Å². The number of hydrogen-bond donors (Lipinski definition) is 1. The first kappa shape index (κ1) is 14.2. The van der Waals surface area contributed by atoms with Gasteiger partial charge in [-0.25, -0.2) is 0 Å². The molecular weight excluding hydrogens is 252 g/mol. The van der Waals surface area contributed by atoms with Crippen molar-refractivity contribution in [2.45, 2.75) is 62.7 Å². The van der Waals surface area contributed by atoms with E-state index in [4.69, 9.17) is 0 Å². The Hall–Kier alpha value is 0.270. The second-order valence-corrected chi connectivity index (χ2v) is 8.02. The van der Waals surface area contributed by atoms with Gasteiger partial charge in [0, 0.05) is 23.6 Å². The van der Waals surface area contributed by atoms with Crippen LogP contribution in [0.25, 0.3) is 0 Å². The van der Waals surface area contributed by atoms with Crippen LogP contribution < -0.4 is 5.32 Å². The smallest absolute Gasteiger partial charge is 0.0124 e. The van der Waals surface area contributed by atoms with Gasteiger partial charge in [0.15, 0.2) is 0 Å². The lowest BCUT2D eigenvalue weighted by Crippen LogP contribution is -2.47. The molecule has 2 nitrogen and oxygen atoms in total. The number of fused-ring (bicyclic) bond motifs is 1. The molecule has 19 heavy (non-hydrogen) atoms. The Kier molecular flexibility index (Phi) is 5.48. The zero-order chi connectivity index (χ0) is 12.9. The molecule has 3 fully saturated rings. The van der Waals surface area contributed by atoms with Gasteiger partial charge < -0.3 is 5.32 Å². The summed E-state index contributed by atoms with van der Waals surface area (Å²) in [6.07, 6.45) is 11.7. The van der Waals surface area contributed by atoms with Crippen LogP contribution in [0.4, 0.5) is 0 Å². The fourth-order valence-corrected chi connectivity index (χ4v) is 5.55. The Bertz CT molecular complexity index is 263. The Morgan fingerprint density at radius 2 is 1.74 bits per heavy atom. The van der Waals surface area contributed by atoms with Crippen LogP contribution in [0.3, 0.4) is 0 Å². The Morgan fingerprint density at radius 3 is 2.63 bits per heavy atom. The standard InChI is InChI=1S/C16H30N2S/c1-2-6-16-14(4-1)5-3-11-18(16)12-13-19-15-7-9-17-10-8-15/h14-17H,1-13H2/t14-,16-/m1/s1. The minimum atomic E-state index is 0.938. The minimum Gasteiger partial charge on any atom is -0.317 e. The number of rotatable bonds is 4. The van der Waals surface area contributed by atoms with E-state index in [0.717, 1.165) is 17.2 Å². The van der Waals surface area contributed by atoms with E-state index in [9.17, 15) is 0 Å². The zero-order valence-corrected chi connectivity index (χ0v) is 13.1. The van der Waals surface area contributed by atoms with Gasteiger partial charge >= 0.3 is 0 Å². The fraction of sp³-hybridized carbons (Fsp3) is 1.00. The second-order valence-electron chi connectivity index (χ2n) is 6.61. The largest absolute Gasteiger partial charge is 0.317 e. The van der Waals surface area contributed by atoms with Crippen molar-refractivity contribution in [1.82, 2.24) is 10.2 Å². The lowest BCUT2D eigenvalue weighted by molar-refractivity contribution is 0.0666. The first-order valence-electron chi connectivity index (χ1n) is 8.50. The molecule has 2 atom stereocenters. The van der Waals surface area contributed by atoms with E-state index in [2.05, 4.69) is 22.0 Å². The molecule has 1 aliphatic carbocycles. The molecule has 1 N–H and O–H groups in total. The van der Waals surface area contributed by atoms with Gasteiger partial charge in [-0.2, -0.15) is 11.8 Å². The number of nitrogens with one attached hydrogen (secondary N) is 1. The zero-order valence-electron chi connectivity index (χ0n) is 12.3. The van der Waals surface area contributed by atoms with Crippen LogP contribution in [0.1, 0.15) is 51.4 Å². The summed E-state index contributed by atoms with van der Waals surface area (Å²) in [4.78, 5) is 2.85. The minimum absolute atomic E-state index is 0.938. The number of thioether (sulfide) groups is 1. The second kappa shape index (κ2) is 7.33. The highest BCUT2D eigenvalue weighted by atomic mass is 32.2. The van der Waals surface area contributed by atoms with Crippen molar-refractivity contribution < 1.29 is 0 Å². The van der Waals surface area contributed by atoms with Gasteiger partial charge in [0.05, 0.1) is 0 Å². The molecule has 0 spiro atoms. The normalized spacial score (nSPS) is 34.1. The molecule has 0 amide bonds. The molecule has 1 saturated carbocycles. The predicted molar refractivity (Wildman–Crippen MR) is 84.9 cm³/mol. The van der Waals surface area contributed by atoms with Gasteiger partial charge in [-0.05, 0) is 64.1 Å². The molecule has 3 heteroatoms. The lowest BCUT2D eigenvalue weighted by Gasteiger charge is -2.44. The van der Waals surface area contributed by atoms with Crippen LogP contribution in [-0.2, 0) is 0 Å². The maximum atomic E-state index is 3.47. The predicted octanol–water partition coefficient (Wildman–Crippen LogP) is 3.13. The van der Waals surface area contributed by atoms with Crippen molar-refractivity contribution in [3.8, 4) is 0 Å². The fourth-order valence-electron chi connectivity index (χ4n) is 4.30. The SMILES string of the molecule is C1CC[C@@H]2[C@H](C1)CCCN2CCSC1CCNCC1. The highest BCUT2D eigenvalue weighted by Crippen LogP contribution is 2.35. The molecule has 0 aromatic rings. The van der Waals surface area contributed by atoms with E-state index < -0.39 is 0 Å². The number of nitrogens with zero attached hydrogens (tertiary/aromatic N) is 1. The van der Waals surface area contributed by atoms with Crippen LogP contribution in [-0.4, -0.2) is 48.1 Å². The Labute approximate surface area is 123 Å². The Balaban J connectivity index is 1.40. The summed E-state index contributed by atoms with van der Waals surface area (Å²) in [5.74, 6) is 2.42. The average Bonchev–Trinajstić information content (AvgIpc) is 2.49. The number of piperidine rings is 2. The van der Waals surface area contributed by atoms with Crippen LogP contribution >= 0.6 is 11.8 Å². The van der Waals surface area contributed by atoms with E-state index in [0.29, 0.717) is 0 Å². The molecule has 2 heterocycles. The summed E-state index contributed by atoms with van der Waals surface area (Å²) in [5, 5.41) is 4.41. The van der Waals surface area contributed by atoms with Crippen molar-refractivity contribution in [1.29, 1.82) is 0 Å². The van der Waals surface area contributed by atoms with Crippen molar-refractivity contribution in [3.05, 3.63) is 0 Å². The highest BCUT2D eigenvalue weighted by molar-refractivity contribution is 7.99. The van der Waals surface area contributed by atoms with Crippen LogP contribution in [0.5, 0.6) is 0 Å². The molecule has 0 aromatic carbocycles. The third-order valence-electron chi connectivity index (χ3n) is 5.38. The van der Waals surface area contributed by atoms with Crippen molar-refractivity contribution >= 4 is 11.8 Å². The molecule has 3 aliphatic rings. The quantitative estimate of drug-likeness (QED) is 0.853. The molecule has 3 rings (SSSR count). The summed E-state index contributed by atoms with van der Waals surface area (Å²) in [6, 6.07) is 0.955. The third-order valence-corrected chi connectivity index (χ3v) is 6.74. The molecule has 0 unspecified atom stereocenters. The molecule has 2 aliphatic heterocycles. The maximum Gasteiger partial charge on any atom is 0.0124 e. The van der Waals surface area contributed by atoms with Gasteiger partial charge in [-0.3, -0.25) is 4.90 Å². The molecule has 2 saturated heterocycles. The summed E-state index contributed by atoms with van der Waals surface area (Å²) in [6.45, 7) is 5.22. The van der Waals surface area contributed by atoms with Crippen molar-refractivity contribution in [3.63, 3.8) is 0 Å². The molecule has 0 bridgehead atoms. The van der Waals surface area contributed by atoms with Gasteiger partial charge in [0.1, 0.15) is 0 Å². The van der Waals surface area contributed by atoms with Gasteiger partial charge in [0.2, 0.25) is 0 Å². The molecule has 0 radical (unpaired) electrons.